The zero-order valence-corrected chi connectivity index (χ0v) is 20.8. The van der Waals surface area contributed by atoms with E-state index in [0.717, 1.165) is 36.8 Å². The third-order valence-corrected chi connectivity index (χ3v) is 7.38. The van der Waals surface area contributed by atoms with Crippen LogP contribution >= 0.6 is 11.8 Å². The summed E-state index contributed by atoms with van der Waals surface area (Å²) in [6, 6.07) is 20.0. The van der Waals surface area contributed by atoms with E-state index in [0.29, 0.717) is 11.3 Å². The van der Waals surface area contributed by atoms with Gasteiger partial charge < -0.3 is 10.2 Å². The number of hydrogen-bond acceptors (Lipinski definition) is 4. The fourth-order valence-corrected chi connectivity index (χ4v) is 5.37. The number of nitrogens with zero attached hydrogens (tertiary/aromatic N) is 1. The van der Waals surface area contributed by atoms with Crippen LogP contribution in [0.4, 0.5) is 0 Å². The number of carboxylic acid groups (broad SMARTS) is 2. The number of aliphatic carboxylic acids is 1. The Balaban J connectivity index is 1.48. The van der Waals surface area contributed by atoms with Gasteiger partial charge in [0.15, 0.2) is 0 Å². The molecule has 0 spiro atoms. The van der Waals surface area contributed by atoms with Crippen LogP contribution in [-0.2, 0) is 23.4 Å². The fraction of sp³-hybridized carbons (Fsp3) is 0.345. The second-order valence-electron chi connectivity index (χ2n) is 8.67. The van der Waals surface area contributed by atoms with Gasteiger partial charge in [0, 0.05) is 18.1 Å². The van der Waals surface area contributed by atoms with Crippen molar-refractivity contribution in [2.45, 2.75) is 62.4 Å². The fourth-order valence-electron chi connectivity index (χ4n) is 4.22. The minimum atomic E-state index is -1.05. The van der Waals surface area contributed by atoms with Gasteiger partial charge in [-0.15, -0.1) is 11.8 Å². The van der Waals surface area contributed by atoms with Gasteiger partial charge in [-0.05, 0) is 54.0 Å². The van der Waals surface area contributed by atoms with Crippen LogP contribution in [0.1, 0.15) is 76.4 Å². The highest BCUT2D eigenvalue weighted by molar-refractivity contribution is 7.99. The van der Waals surface area contributed by atoms with Crippen LogP contribution in [0.2, 0.25) is 0 Å². The van der Waals surface area contributed by atoms with Gasteiger partial charge in [-0.2, -0.15) is 0 Å². The molecule has 0 saturated carbocycles. The van der Waals surface area contributed by atoms with Crippen LogP contribution in [0.15, 0.2) is 73.1 Å². The lowest BCUT2D eigenvalue weighted by atomic mass is 9.98. The second kappa shape index (κ2) is 14.3. The Morgan fingerprint density at radius 3 is 2.14 bits per heavy atom. The summed E-state index contributed by atoms with van der Waals surface area (Å²) in [5.41, 5.74) is 3.95. The molecule has 3 aromatic rings. The van der Waals surface area contributed by atoms with Gasteiger partial charge in [-0.25, -0.2) is 4.79 Å². The zero-order valence-electron chi connectivity index (χ0n) is 19.9. The Kier molecular flexibility index (Phi) is 10.8. The number of benzene rings is 2. The smallest absolute Gasteiger partial charge is 0.337 e. The van der Waals surface area contributed by atoms with E-state index in [1.165, 1.54) is 55.4 Å². The minimum absolute atomic E-state index is 0.112. The average molecular weight is 492 g/mol. The SMILES string of the molecule is O=C(O)c1cnccc1CSC(C(=O)O)c1ccccc1CCCCCCCCc1ccccc1. The Morgan fingerprint density at radius 2 is 1.43 bits per heavy atom. The predicted molar refractivity (Wildman–Crippen MR) is 141 cm³/mol. The molecule has 184 valence electrons. The summed E-state index contributed by atoms with van der Waals surface area (Å²) >= 11 is 1.24. The molecule has 35 heavy (non-hydrogen) atoms. The molecule has 0 radical (unpaired) electrons. The summed E-state index contributed by atoms with van der Waals surface area (Å²) in [6.45, 7) is 0. The summed E-state index contributed by atoms with van der Waals surface area (Å²) in [5.74, 6) is -1.67. The molecule has 0 saturated heterocycles. The zero-order chi connectivity index (χ0) is 24.9. The van der Waals surface area contributed by atoms with Crippen molar-refractivity contribution < 1.29 is 19.8 Å². The molecule has 0 bridgehead atoms. The topological polar surface area (TPSA) is 87.5 Å². The number of unbranched alkanes of at least 4 members (excludes halogenated alkanes) is 5. The molecule has 0 amide bonds. The highest BCUT2D eigenvalue weighted by atomic mass is 32.2. The average Bonchev–Trinajstić information content (AvgIpc) is 2.87. The van der Waals surface area contributed by atoms with Crippen molar-refractivity contribution in [3.8, 4) is 0 Å². The van der Waals surface area contributed by atoms with Crippen LogP contribution < -0.4 is 0 Å². The first kappa shape index (κ1) is 26.5. The molecule has 3 rings (SSSR count). The number of pyridine rings is 1. The Labute approximate surface area is 211 Å². The van der Waals surface area contributed by atoms with E-state index in [4.69, 9.17) is 0 Å². The van der Waals surface area contributed by atoms with Crippen molar-refractivity contribution in [2.24, 2.45) is 0 Å². The van der Waals surface area contributed by atoms with Gasteiger partial charge in [-0.1, -0.05) is 80.3 Å². The lowest BCUT2D eigenvalue weighted by Gasteiger charge is -2.17. The van der Waals surface area contributed by atoms with Crippen LogP contribution in [0.5, 0.6) is 0 Å². The van der Waals surface area contributed by atoms with Crippen LogP contribution in [-0.4, -0.2) is 27.1 Å². The number of hydrogen-bond donors (Lipinski definition) is 2. The largest absolute Gasteiger partial charge is 0.480 e. The van der Waals surface area contributed by atoms with Gasteiger partial charge in [0.25, 0.3) is 0 Å². The summed E-state index contributed by atoms with van der Waals surface area (Å²) in [7, 11) is 0. The number of aromatic nitrogens is 1. The molecule has 0 fully saturated rings. The van der Waals surface area contributed by atoms with Crippen molar-refractivity contribution in [2.75, 3.05) is 0 Å². The van der Waals surface area contributed by atoms with E-state index in [9.17, 15) is 19.8 Å². The number of rotatable bonds is 15. The maximum Gasteiger partial charge on any atom is 0.337 e. The molecule has 0 aliphatic rings. The van der Waals surface area contributed by atoms with Gasteiger partial charge >= 0.3 is 11.9 Å². The summed E-state index contributed by atoms with van der Waals surface area (Å²) in [4.78, 5) is 27.4. The van der Waals surface area contributed by atoms with E-state index in [-0.39, 0.29) is 5.56 Å². The second-order valence-corrected chi connectivity index (χ2v) is 9.77. The van der Waals surface area contributed by atoms with Gasteiger partial charge in [0.2, 0.25) is 0 Å². The first-order chi connectivity index (χ1) is 17.1. The van der Waals surface area contributed by atoms with Crippen molar-refractivity contribution >= 4 is 23.7 Å². The molecular weight excluding hydrogens is 458 g/mol. The van der Waals surface area contributed by atoms with Crippen molar-refractivity contribution in [1.29, 1.82) is 0 Å². The highest BCUT2D eigenvalue weighted by Crippen LogP contribution is 2.35. The molecule has 1 aromatic heterocycles. The number of aryl methyl sites for hydroxylation is 2. The van der Waals surface area contributed by atoms with Crippen molar-refractivity contribution in [3.63, 3.8) is 0 Å². The van der Waals surface area contributed by atoms with Gasteiger partial charge in [0.05, 0.1) is 5.56 Å². The molecule has 2 N–H and O–H groups in total. The van der Waals surface area contributed by atoms with Crippen LogP contribution in [0.25, 0.3) is 0 Å². The Hall–Kier alpha value is -3.12. The highest BCUT2D eigenvalue weighted by Gasteiger charge is 2.24. The predicted octanol–water partition coefficient (Wildman–Crippen LogP) is 6.96. The van der Waals surface area contributed by atoms with E-state index in [1.54, 1.807) is 6.07 Å². The van der Waals surface area contributed by atoms with Crippen LogP contribution in [0.3, 0.4) is 0 Å². The monoisotopic (exact) mass is 491 g/mol. The molecule has 1 unspecified atom stereocenters. The third-order valence-electron chi connectivity index (χ3n) is 6.11. The lowest BCUT2D eigenvalue weighted by molar-refractivity contribution is -0.136. The van der Waals surface area contributed by atoms with E-state index >= 15 is 0 Å². The maximum atomic E-state index is 12.1. The maximum absolute atomic E-state index is 12.1. The Morgan fingerprint density at radius 1 is 0.771 bits per heavy atom. The number of thioether (sulfide) groups is 1. The molecule has 0 aliphatic carbocycles. The third kappa shape index (κ3) is 8.55. The minimum Gasteiger partial charge on any atom is -0.480 e. The van der Waals surface area contributed by atoms with Gasteiger partial charge in [0.1, 0.15) is 5.25 Å². The Bertz CT molecular complexity index is 1090. The molecule has 2 aromatic carbocycles. The van der Waals surface area contributed by atoms with Crippen molar-refractivity contribution in [3.05, 3.63) is 101 Å². The molecule has 1 atom stereocenters. The molecule has 1 heterocycles. The number of carbonyl (C=O) groups is 2. The van der Waals surface area contributed by atoms with Gasteiger partial charge in [-0.3, -0.25) is 9.78 Å². The molecular formula is C29H33NO4S. The van der Waals surface area contributed by atoms with E-state index < -0.39 is 17.2 Å². The quantitative estimate of drug-likeness (QED) is 0.223. The normalized spacial score (nSPS) is 11.8. The van der Waals surface area contributed by atoms with E-state index in [1.807, 2.05) is 24.3 Å². The molecule has 6 heteroatoms. The van der Waals surface area contributed by atoms with Crippen LogP contribution in [0, 0.1) is 0 Å². The first-order valence-corrected chi connectivity index (χ1v) is 13.2. The lowest BCUT2D eigenvalue weighted by Crippen LogP contribution is -2.11. The number of aromatic carboxylic acids is 1. The van der Waals surface area contributed by atoms with E-state index in [2.05, 4.69) is 35.3 Å². The standard InChI is InChI=1S/C29H33NO4S/c31-28(32)26-20-30-19-18-24(26)21-35-27(29(33)34)25-17-11-10-16-23(25)15-9-4-2-1-3-6-12-22-13-7-5-8-14-22/h5,7-8,10-11,13-14,16-20,27H,1-4,6,9,12,15,21H2,(H,31,32)(H,33,34). The van der Waals surface area contributed by atoms with Crippen molar-refractivity contribution in [1.82, 2.24) is 4.98 Å². The summed E-state index contributed by atoms with van der Waals surface area (Å²) < 4.78 is 0. The summed E-state index contributed by atoms with van der Waals surface area (Å²) in [5, 5.41) is 18.6. The number of carboxylic acids is 2. The molecule has 0 aliphatic heterocycles. The summed E-state index contributed by atoms with van der Waals surface area (Å²) in [6.07, 6.45) is 11.8. The molecule has 5 nitrogen and oxygen atoms in total. The first-order valence-electron chi connectivity index (χ1n) is 12.2.